The molecule has 1 saturated heterocycles. The van der Waals surface area contributed by atoms with Gasteiger partial charge in [-0.2, -0.15) is 0 Å². The van der Waals surface area contributed by atoms with Crippen molar-refractivity contribution < 1.29 is 14.4 Å². The van der Waals surface area contributed by atoms with Crippen LogP contribution in [0.3, 0.4) is 0 Å². The molecule has 2 amide bonds. The molecule has 1 aliphatic rings. The minimum Gasteiger partial charge on any atom is -0.335 e. The van der Waals surface area contributed by atoms with Gasteiger partial charge >= 0.3 is 0 Å². The average molecular weight is 433 g/mol. The number of piperazine rings is 1. The van der Waals surface area contributed by atoms with Gasteiger partial charge in [-0.3, -0.25) is 14.4 Å². The van der Waals surface area contributed by atoms with Crippen molar-refractivity contribution in [1.29, 1.82) is 0 Å². The van der Waals surface area contributed by atoms with E-state index in [1.165, 1.54) is 4.88 Å². The predicted molar refractivity (Wildman–Crippen MR) is 122 cm³/mol. The van der Waals surface area contributed by atoms with Crippen LogP contribution in [-0.4, -0.2) is 53.1 Å². The molecule has 2 aromatic carbocycles. The topological polar surface area (TPSA) is 57.7 Å². The fraction of sp³-hybridized carbons (Fsp3) is 0.240. The number of carbonyl (C=O) groups is 3. The van der Waals surface area contributed by atoms with Crippen molar-refractivity contribution in [3.63, 3.8) is 0 Å². The fourth-order valence-electron chi connectivity index (χ4n) is 3.87. The van der Waals surface area contributed by atoms with Gasteiger partial charge in [0.2, 0.25) is 5.78 Å². The molecule has 1 fully saturated rings. The van der Waals surface area contributed by atoms with E-state index in [0.717, 1.165) is 11.1 Å². The summed E-state index contributed by atoms with van der Waals surface area (Å²) in [6.07, 6.45) is 0. The van der Waals surface area contributed by atoms with Gasteiger partial charge < -0.3 is 9.80 Å². The van der Waals surface area contributed by atoms with Gasteiger partial charge in [0.1, 0.15) is 0 Å². The number of benzene rings is 2. The van der Waals surface area contributed by atoms with Crippen LogP contribution >= 0.6 is 11.3 Å². The summed E-state index contributed by atoms with van der Waals surface area (Å²) in [4.78, 5) is 42.9. The molecular weight excluding hydrogens is 408 g/mol. The van der Waals surface area contributed by atoms with Gasteiger partial charge in [-0.25, -0.2) is 0 Å². The maximum atomic E-state index is 12.9. The molecule has 5 nitrogen and oxygen atoms in total. The molecule has 3 aromatic rings. The second kappa shape index (κ2) is 8.86. The van der Waals surface area contributed by atoms with Crippen molar-refractivity contribution in [2.45, 2.75) is 19.9 Å². The van der Waals surface area contributed by atoms with Crippen LogP contribution in [0.15, 0.2) is 66.0 Å². The number of hydrogen-bond acceptors (Lipinski definition) is 4. The van der Waals surface area contributed by atoms with E-state index in [9.17, 15) is 14.4 Å². The standard InChI is InChI=1S/C25H24N2O3S/c1-17-15-26(24(29)21-6-4-3-5-7-21)12-13-27(17)25(30)23(28)20-10-8-19(9-11-20)22-14-18(2)31-16-22/h3-11,14,16-17H,12-13,15H2,1-2H3/t17-/m1/s1. The lowest BCUT2D eigenvalue weighted by molar-refractivity contribution is -0.130. The maximum absolute atomic E-state index is 12.9. The zero-order valence-electron chi connectivity index (χ0n) is 17.6. The number of Topliss-reactive ketones (excluding diaryl/α,β-unsaturated/α-hetero) is 1. The van der Waals surface area contributed by atoms with Gasteiger partial charge in [0.25, 0.3) is 11.8 Å². The van der Waals surface area contributed by atoms with Crippen LogP contribution < -0.4 is 0 Å². The van der Waals surface area contributed by atoms with Gasteiger partial charge in [0.05, 0.1) is 0 Å². The van der Waals surface area contributed by atoms with Crippen molar-refractivity contribution in [2.24, 2.45) is 0 Å². The second-order valence-corrected chi connectivity index (χ2v) is 8.93. The van der Waals surface area contributed by atoms with Crippen molar-refractivity contribution in [2.75, 3.05) is 19.6 Å². The van der Waals surface area contributed by atoms with Crippen LogP contribution in [-0.2, 0) is 4.79 Å². The van der Waals surface area contributed by atoms with Gasteiger partial charge in [-0.1, -0.05) is 42.5 Å². The Bertz CT molecular complexity index is 1110. The highest BCUT2D eigenvalue weighted by Crippen LogP contribution is 2.25. The number of nitrogens with zero attached hydrogens (tertiary/aromatic N) is 2. The largest absolute Gasteiger partial charge is 0.335 e. The molecule has 0 unspecified atom stereocenters. The normalized spacial score (nSPS) is 16.3. The number of aryl methyl sites for hydroxylation is 1. The highest BCUT2D eigenvalue weighted by Gasteiger charge is 2.33. The molecule has 0 bridgehead atoms. The molecule has 6 heteroatoms. The van der Waals surface area contributed by atoms with Gasteiger partial charge in [-0.05, 0) is 48.6 Å². The Labute approximate surface area is 185 Å². The van der Waals surface area contributed by atoms with Crippen LogP contribution in [0.2, 0.25) is 0 Å². The summed E-state index contributed by atoms with van der Waals surface area (Å²) in [5.41, 5.74) is 3.15. The van der Waals surface area contributed by atoms with Crippen molar-refractivity contribution in [3.05, 3.63) is 82.0 Å². The van der Waals surface area contributed by atoms with Gasteiger partial charge in [0, 0.05) is 41.7 Å². The van der Waals surface area contributed by atoms with E-state index in [1.54, 1.807) is 45.4 Å². The third kappa shape index (κ3) is 4.44. The monoisotopic (exact) mass is 432 g/mol. The maximum Gasteiger partial charge on any atom is 0.295 e. The van der Waals surface area contributed by atoms with Crippen LogP contribution in [0.5, 0.6) is 0 Å². The Morgan fingerprint density at radius 3 is 2.23 bits per heavy atom. The highest BCUT2D eigenvalue weighted by atomic mass is 32.1. The summed E-state index contributed by atoms with van der Waals surface area (Å²) in [6, 6.07) is 18.2. The summed E-state index contributed by atoms with van der Waals surface area (Å²) in [6.45, 7) is 5.09. The number of amides is 2. The van der Waals surface area contributed by atoms with Crippen LogP contribution in [0, 0.1) is 6.92 Å². The van der Waals surface area contributed by atoms with E-state index in [1.807, 2.05) is 37.3 Å². The number of thiophene rings is 1. The molecular formula is C25H24N2O3S. The highest BCUT2D eigenvalue weighted by molar-refractivity contribution is 7.10. The summed E-state index contributed by atoms with van der Waals surface area (Å²) in [5, 5.41) is 2.08. The summed E-state index contributed by atoms with van der Waals surface area (Å²) >= 11 is 1.68. The van der Waals surface area contributed by atoms with E-state index in [0.29, 0.717) is 30.8 Å². The van der Waals surface area contributed by atoms with Crippen molar-refractivity contribution in [3.8, 4) is 11.1 Å². The summed E-state index contributed by atoms with van der Waals surface area (Å²) in [5.74, 6) is -1.08. The molecule has 0 N–H and O–H groups in total. The van der Waals surface area contributed by atoms with Crippen LogP contribution in [0.1, 0.15) is 32.5 Å². The zero-order chi connectivity index (χ0) is 22.0. The lowest BCUT2D eigenvalue weighted by Gasteiger charge is -2.39. The second-order valence-electron chi connectivity index (χ2n) is 7.82. The molecule has 0 radical (unpaired) electrons. The lowest BCUT2D eigenvalue weighted by Crippen LogP contribution is -2.56. The smallest absolute Gasteiger partial charge is 0.295 e. The first-order chi connectivity index (χ1) is 14.9. The summed E-state index contributed by atoms with van der Waals surface area (Å²) in [7, 11) is 0. The van der Waals surface area contributed by atoms with Crippen molar-refractivity contribution in [1.82, 2.24) is 9.80 Å². The first-order valence-corrected chi connectivity index (χ1v) is 11.2. The van der Waals surface area contributed by atoms with E-state index >= 15 is 0 Å². The third-order valence-electron chi connectivity index (χ3n) is 5.60. The van der Waals surface area contributed by atoms with Crippen LogP contribution in [0.4, 0.5) is 0 Å². The number of ketones is 1. The molecule has 4 rings (SSSR count). The summed E-state index contributed by atoms with van der Waals surface area (Å²) < 4.78 is 0. The predicted octanol–water partition coefficient (Wildman–Crippen LogP) is 4.28. The van der Waals surface area contributed by atoms with E-state index in [4.69, 9.17) is 0 Å². The molecule has 1 aliphatic heterocycles. The molecule has 158 valence electrons. The minimum atomic E-state index is -0.515. The molecule has 2 heterocycles. The quantitative estimate of drug-likeness (QED) is 0.457. The van der Waals surface area contributed by atoms with Gasteiger partial charge in [-0.15, -0.1) is 11.3 Å². The van der Waals surface area contributed by atoms with E-state index in [-0.39, 0.29) is 11.9 Å². The van der Waals surface area contributed by atoms with E-state index in [2.05, 4.69) is 18.4 Å². The Morgan fingerprint density at radius 1 is 0.903 bits per heavy atom. The fourth-order valence-corrected chi connectivity index (χ4v) is 4.58. The average Bonchev–Trinajstić information content (AvgIpc) is 3.24. The lowest BCUT2D eigenvalue weighted by atomic mass is 10.0. The zero-order valence-corrected chi connectivity index (χ0v) is 18.4. The molecule has 0 spiro atoms. The number of carbonyl (C=O) groups excluding carboxylic acids is 3. The van der Waals surface area contributed by atoms with Crippen molar-refractivity contribution >= 4 is 28.9 Å². The number of hydrogen-bond donors (Lipinski definition) is 0. The number of rotatable bonds is 4. The van der Waals surface area contributed by atoms with Gasteiger partial charge in [0.15, 0.2) is 0 Å². The third-order valence-corrected chi connectivity index (χ3v) is 6.46. The molecule has 0 aliphatic carbocycles. The molecule has 0 saturated carbocycles. The van der Waals surface area contributed by atoms with E-state index < -0.39 is 11.7 Å². The first-order valence-electron chi connectivity index (χ1n) is 10.3. The molecule has 1 atom stereocenters. The SMILES string of the molecule is Cc1cc(-c2ccc(C(=O)C(=O)N3CCN(C(=O)c4ccccc4)C[C@H]3C)cc2)cs1. The Kier molecular flexibility index (Phi) is 6.00. The van der Waals surface area contributed by atoms with Crippen LogP contribution in [0.25, 0.3) is 11.1 Å². The minimum absolute atomic E-state index is 0.0508. The first kappa shape index (κ1) is 21.0. The Hall–Kier alpha value is -3.25. The molecule has 1 aromatic heterocycles. The Morgan fingerprint density at radius 2 is 1.61 bits per heavy atom. The Balaban J connectivity index is 1.41. The molecule has 31 heavy (non-hydrogen) atoms.